The minimum Gasteiger partial charge on any atom is -0.369 e. The molecule has 0 radical (unpaired) electrons. The van der Waals surface area contributed by atoms with Crippen molar-refractivity contribution in [1.82, 2.24) is 20.2 Å². The number of anilines is 3. The molecule has 0 saturated heterocycles. The zero-order chi connectivity index (χ0) is 22.4. The third-order valence-electron chi connectivity index (χ3n) is 5.40. The van der Waals surface area contributed by atoms with Gasteiger partial charge in [-0.15, -0.1) is 0 Å². The molecule has 9 heteroatoms. The van der Waals surface area contributed by atoms with E-state index in [9.17, 15) is 9.59 Å². The van der Waals surface area contributed by atoms with Gasteiger partial charge in [-0.3, -0.25) is 9.59 Å². The quantitative estimate of drug-likeness (QED) is 0.564. The van der Waals surface area contributed by atoms with Crippen molar-refractivity contribution in [3.63, 3.8) is 0 Å². The predicted octanol–water partition coefficient (Wildman–Crippen LogP) is 1.94. The molecular weight excluding hydrogens is 394 g/mol. The first-order chi connectivity index (χ1) is 14.9. The van der Waals surface area contributed by atoms with Crippen LogP contribution in [0.25, 0.3) is 0 Å². The second-order valence-electron chi connectivity index (χ2n) is 7.63. The fraction of sp³-hybridized carbons (Fsp3) is 0.455. The lowest BCUT2D eigenvalue weighted by Gasteiger charge is -2.27. The van der Waals surface area contributed by atoms with Gasteiger partial charge in [-0.05, 0) is 44.2 Å². The summed E-state index contributed by atoms with van der Waals surface area (Å²) in [5.74, 6) is 0.518. The number of carbonyl (C=O) groups excluding carboxylic acids is 2. The molecule has 1 atom stereocenters. The minimum atomic E-state index is -0.228. The van der Waals surface area contributed by atoms with Crippen molar-refractivity contribution < 1.29 is 9.59 Å². The summed E-state index contributed by atoms with van der Waals surface area (Å²) < 4.78 is 0. The van der Waals surface area contributed by atoms with Crippen molar-refractivity contribution in [2.75, 3.05) is 49.3 Å². The van der Waals surface area contributed by atoms with E-state index in [1.807, 2.05) is 25.3 Å². The lowest BCUT2D eigenvalue weighted by atomic mass is 10.1. The number of nitrogens with zero attached hydrogens (tertiary/aromatic N) is 4. The molecule has 0 fully saturated rings. The molecule has 1 unspecified atom stereocenters. The Hall–Kier alpha value is -3.20. The summed E-state index contributed by atoms with van der Waals surface area (Å²) in [6.45, 7) is 7.29. The van der Waals surface area contributed by atoms with Gasteiger partial charge in [0.1, 0.15) is 17.6 Å². The van der Waals surface area contributed by atoms with Gasteiger partial charge < -0.3 is 25.8 Å². The summed E-state index contributed by atoms with van der Waals surface area (Å²) in [5, 5.41) is 8.71. The van der Waals surface area contributed by atoms with Gasteiger partial charge in [0.25, 0.3) is 5.91 Å². The third-order valence-corrected chi connectivity index (χ3v) is 5.40. The van der Waals surface area contributed by atoms with Gasteiger partial charge >= 0.3 is 0 Å². The maximum Gasteiger partial charge on any atom is 0.269 e. The SMILES string of the molecule is CCC1Nc2ncc(CN(C)CCN(CC)c3ccc(C(=O)NC)nc3)cc2NC1=O. The Morgan fingerprint density at radius 3 is 2.65 bits per heavy atom. The van der Waals surface area contributed by atoms with Crippen LogP contribution >= 0.6 is 0 Å². The van der Waals surface area contributed by atoms with E-state index in [0.29, 0.717) is 5.69 Å². The summed E-state index contributed by atoms with van der Waals surface area (Å²) >= 11 is 0. The molecule has 2 amide bonds. The number of nitrogens with one attached hydrogen (secondary N) is 3. The van der Waals surface area contributed by atoms with Crippen LogP contribution in [0.15, 0.2) is 30.6 Å². The fourth-order valence-electron chi connectivity index (χ4n) is 3.53. The Labute approximate surface area is 183 Å². The van der Waals surface area contributed by atoms with E-state index in [4.69, 9.17) is 0 Å². The van der Waals surface area contributed by atoms with E-state index in [1.165, 1.54) is 0 Å². The Kier molecular flexibility index (Phi) is 7.41. The molecule has 1 aliphatic heterocycles. The Morgan fingerprint density at radius 2 is 2.00 bits per heavy atom. The van der Waals surface area contributed by atoms with Gasteiger partial charge in [-0.2, -0.15) is 0 Å². The highest BCUT2D eigenvalue weighted by Crippen LogP contribution is 2.26. The van der Waals surface area contributed by atoms with Gasteiger partial charge in [0.15, 0.2) is 0 Å². The highest BCUT2D eigenvalue weighted by atomic mass is 16.2. The monoisotopic (exact) mass is 425 g/mol. The first kappa shape index (κ1) is 22.5. The topological polar surface area (TPSA) is 102 Å². The maximum atomic E-state index is 12.1. The van der Waals surface area contributed by atoms with Crippen LogP contribution in [0.1, 0.15) is 36.3 Å². The van der Waals surface area contributed by atoms with E-state index in [0.717, 1.165) is 55.4 Å². The standard InChI is InChI=1S/C22H31N7O2/c1-5-17-22(31)27-19-11-15(12-25-20(19)26-17)14-28(4)9-10-29(6-2)16-7-8-18(24-13-16)21(30)23-3/h7-8,11-13,17H,5-6,9-10,14H2,1-4H3,(H,23,30)(H,25,26)(H,27,31). The van der Waals surface area contributed by atoms with Crippen LogP contribution in [0, 0.1) is 0 Å². The molecule has 2 aromatic heterocycles. The first-order valence-corrected chi connectivity index (χ1v) is 10.6. The van der Waals surface area contributed by atoms with Gasteiger partial charge in [0.2, 0.25) is 5.91 Å². The molecule has 0 aliphatic carbocycles. The number of pyridine rings is 2. The molecule has 0 aromatic carbocycles. The van der Waals surface area contributed by atoms with E-state index in [-0.39, 0.29) is 17.9 Å². The molecule has 3 heterocycles. The zero-order valence-corrected chi connectivity index (χ0v) is 18.6. The van der Waals surface area contributed by atoms with Crippen molar-refractivity contribution in [2.24, 2.45) is 0 Å². The molecule has 1 aliphatic rings. The lowest BCUT2D eigenvalue weighted by molar-refractivity contribution is -0.117. The molecule has 3 N–H and O–H groups in total. The molecule has 3 rings (SSSR count). The van der Waals surface area contributed by atoms with Crippen molar-refractivity contribution in [1.29, 1.82) is 0 Å². The number of aromatic nitrogens is 2. The number of fused-ring (bicyclic) bond motifs is 1. The Bertz CT molecular complexity index is 917. The van der Waals surface area contributed by atoms with Crippen LogP contribution in [0.2, 0.25) is 0 Å². The summed E-state index contributed by atoms with van der Waals surface area (Å²) in [6, 6.07) is 5.42. The molecular formula is C22H31N7O2. The summed E-state index contributed by atoms with van der Waals surface area (Å²) in [4.78, 5) is 36.9. The number of rotatable bonds is 9. The summed E-state index contributed by atoms with van der Waals surface area (Å²) in [7, 11) is 3.65. The molecule has 0 spiro atoms. The van der Waals surface area contributed by atoms with Gasteiger partial charge in [0.05, 0.1) is 17.6 Å². The average Bonchev–Trinajstić information content (AvgIpc) is 2.78. The van der Waals surface area contributed by atoms with Crippen LogP contribution in [0.3, 0.4) is 0 Å². The first-order valence-electron chi connectivity index (χ1n) is 10.6. The maximum absolute atomic E-state index is 12.1. The van der Waals surface area contributed by atoms with Crippen LogP contribution in [-0.4, -0.2) is 66.5 Å². The number of hydrogen-bond donors (Lipinski definition) is 3. The minimum absolute atomic E-state index is 0.0167. The number of hydrogen-bond acceptors (Lipinski definition) is 7. The highest BCUT2D eigenvalue weighted by Gasteiger charge is 2.24. The van der Waals surface area contributed by atoms with Crippen molar-refractivity contribution in [3.05, 3.63) is 41.9 Å². The van der Waals surface area contributed by atoms with Gasteiger partial charge in [-0.1, -0.05) is 6.92 Å². The van der Waals surface area contributed by atoms with E-state index >= 15 is 0 Å². The fourth-order valence-corrected chi connectivity index (χ4v) is 3.53. The summed E-state index contributed by atoms with van der Waals surface area (Å²) in [5.41, 5.74) is 3.17. The average molecular weight is 426 g/mol. The molecule has 2 aromatic rings. The summed E-state index contributed by atoms with van der Waals surface area (Å²) in [6.07, 6.45) is 4.31. The van der Waals surface area contributed by atoms with Crippen LogP contribution in [-0.2, 0) is 11.3 Å². The van der Waals surface area contributed by atoms with E-state index in [1.54, 1.807) is 19.3 Å². The predicted molar refractivity (Wildman–Crippen MR) is 122 cm³/mol. The van der Waals surface area contributed by atoms with E-state index < -0.39 is 0 Å². The number of carbonyl (C=O) groups is 2. The highest BCUT2D eigenvalue weighted by molar-refractivity contribution is 6.02. The molecule has 166 valence electrons. The molecule has 9 nitrogen and oxygen atoms in total. The lowest BCUT2D eigenvalue weighted by Crippen LogP contribution is -2.38. The molecule has 31 heavy (non-hydrogen) atoms. The van der Waals surface area contributed by atoms with Crippen molar-refractivity contribution in [3.8, 4) is 0 Å². The number of amides is 2. The zero-order valence-electron chi connectivity index (χ0n) is 18.6. The van der Waals surface area contributed by atoms with Crippen LogP contribution in [0.5, 0.6) is 0 Å². The second-order valence-corrected chi connectivity index (χ2v) is 7.63. The van der Waals surface area contributed by atoms with Crippen LogP contribution < -0.4 is 20.9 Å². The normalized spacial score (nSPS) is 15.1. The number of likely N-dealkylation sites (N-methyl/N-ethyl adjacent to an activating group) is 2. The van der Waals surface area contributed by atoms with Crippen molar-refractivity contribution >= 4 is 29.0 Å². The van der Waals surface area contributed by atoms with Gasteiger partial charge in [-0.25, -0.2) is 9.97 Å². The van der Waals surface area contributed by atoms with Gasteiger partial charge in [0, 0.05) is 39.4 Å². The molecule has 0 bridgehead atoms. The van der Waals surface area contributed by atoms with Crippen LogP contribution in [0.4, 0.5) is 17.2 Å². The second kappa shape index (κ2) is 10.2. The smallest absolute Gasteiger partial charge is 0.269 e. The van der Waals surface area contributed by atoms with Crippen molar-refractivity contribution in [2.45, 2.75) is 32.9 Å². The third kappa shape index (κ3) is 5.49. The van der Waals surface area contributed by atoms with E-state index in [2.05, 4.69) is 49.7 Å². The largest absolute Gasteiger partial charge is 0.369 e. The Balaban J connectivity index is 1.57. The molecule has 0 saturated carbocycles. The Morgan fingerprint density at radius 1 is 1.19 bits per heavy atom.